The average molecular weight is 325 g/mol. The molecule has 0 radical (unpaired) electrons. The SMILES string of the molecule is CN=C(NCc1ccc(-n2cccn2)cc1)N1CC(C)(C)C1(C)C. The fourth-order valence-corrected chi connectivity index (χ4v) is 3.06. The molecular formula is C19H27N5. The molecule has 5 nitrogen and oxygen atoms in total. The van der Waals surface area contributed by atoms with Crippen LogP contribution in [-0.4, -0.2) is 39.8 Å². The highest BCUT2D eigenvalue weighted by Crippen LogP contribution is 2.46. The van der Waals surface area contributed by atoms with Crippen LogP contribution < -0.4 is 5.32 Å². The van der Waals surface area contributed by atoms with E-state index in [1.807, 2.05) is 24.0 Å². The van der Waals surface area contributed by atoms with E-state index in [1.54, 1.807) is 6.20 Å². The number of guanidine groups is 1. The maximum Gasteiger partial charge on any atom is 0.194 e. The van der Waals surface area contributed by atoms with Crippen LogP contribution in [0.25, 0.3) is 5.69 Å². The van der Waals surface area contributed by atoms with Crippen molar-refractivity contribution >= 4 is 5.96 Å². The van der Waals surface area contributed by atoms with Gasteiger partial charge in [-0.2, -0.15) is 5.10 Å². The Bertz CT molecular complexity index is 711. The van der Waals surface area contributed by atoms with Gasteiger partial charge in [0.05, 0.1) is 5.69 Å². The lowest BCUT2D eigenvalue weighted by molar-refractivity contribution is -0.0667. The lowest BCUT2D eigenvalue weighted by Crippen LogP contribution is -2.72. The van der Waals surface area contributed by atoms with E-state index >= 15 is 0 Å². The lowest BCUT2D eigenvalue weighted by Gasteiger charge is -2.62. The van der Waals surface area contributed by atoms with Gasteiger partial charge in [0.15, 0.2) is 5.96 Å². The summed E-state index contributed by atoms with van der Waals surface area (Å²) < 4.78 is 1.86. The third-order valence-electron chi connectivity index (χ3n) is 5.51. The summed E-state index contributed by atoms with van der Waals surface area (Å²) in [5, 5.41) is 7.74. The Hall–Kier alpha value is -2.30. The third-order valence-corrected chi connectivity index (χ3v) is 5.51. The molecule has 0 bridgehead atoms. The van der Waals surface area contributed by atoms with E-state index in [0.717, 1.165) is 24.7 Å². The van der Waals surface area contributed by atoms with Crippen LogP contribution in [0.4, 0.5) is 0 Å². The summed E-state index contributed by atoms with van der Waals surface area (Å²) in [6.07, 6.45) is 3.73. The van der Waals surface area contributed by atoms with Gasteiger partial charge in [0, 0.05) is 43.5 Å². The largest absolute Gasteiger partial charge is 0.352 e. The second kappa shape index (κ2) is 5.96. The summed E-state index contributed by atoms with van der Waals surface area (Å²) in [6.45, 7) is 11.0. The van der Waals surface area contributed by atoms with Crippen LogP contribution in [0.1, 0.15) is 33.3 Å². The van der Waals surface area contributed by atoms with Crippen molar-refractivity contribution in [1.29, 1.82) is 0 Å². The van der Waals surface area contributed by atoms with E-state index in [-0.39, 0.29) is 5.54 Å². The van der Waals surface area contributed by atoms with Crippen molar-refractivity contribution in [1.82, 2.24) is 20.0 Å². The summed E-state index contributed by atoms with van der Waals surface area (Å²) in [4.78, 5) is 6.81. The number of rotatable bonds is 3. The lowest BCUT2D eigenvalue weighted by atomic mass is 9.65. The molecule has 0 spiro atoms. The number of aliphatic imine (C=N–C) groups is 1. The molecule has 1 N–H and O–H groups in total. The van der Waals surface area contributed by atoms with Crippen molar-refractivity contribution in [2.75, 3.05) is 13.6 Å². The first kappa shape index (κ1) is 16.6. The minimum absolute atomic E-state index is 0.110. The summed E-state index contributed by atoms with van der Waals surface area (Å²) in [5.41, 5.74) is 2.71. The van der Waals surface area contributed by atoms with E-state index < -0.39 is 0 Å². The van der Waals surface area contributed by atoms with Crippen LogP contribution >= 0.6 is 0 Å². The van der Waals surface area contributed by atoms with Gasteiger partial charge in [0.25, 0.3) is 0 Å². The van der Waals surface area contributed by atoms with Gasteiger partial charge in [-0.05, 0) is 37.6 Å². The monoisotopic (exact) mass is 325 g/mol. The molecule has 24 heavy (non-hydrogen) atoms. The molecule has 1 saturated heterocycles. The van der Waals surface area contributed by atoms with Crippen LogP contribution in [-0.2, 0) is 6.54 Å². The Morgan fingerprint density at radius 3 is 2.42 bits per heavy atom. The van der Waals surface area contributed by atoms with Gasteiger partial charge < -0.3 is 10.2 Å². The maximum atomic E-state index is 4.46. The average Bonchev–Trinajstić information content (AvgIpc) is 3.09. The topological polar surface area (TPSA) is 45.5 Å². The van der Waals surface area contributed by atoms with Crippen LogP contribution in [0.3, 0.4) is 0 Å². The Labute approximate surface area is 144 Å². The molecule has 1 fully saturated rings. The predicted octanol–water partition coefficient (Wildman–Crippen LogP) is 3.07. The highest BCUT2D eigenvalue weighted by Gasteiger charge is 2.53. The fraction of sp³-hybridized carbons (Fsp3) is 0.474. The molecule has 0 aliphatic carbocycles. The number of nitrogens with one attached hydrogen (secondary N) is 1. The van der Waals surface area contributed by atoms with E-state index in [1.165, 1.54) is 5.56 Å². The zero-order valence-electron chi connectivity index (χ0n) is 15.2. The smallest absolute Gasteiger partial charge is 0.194 e. The Balaban J connectivity index is 1.63. The zero-order chi connectivity index (χ0) is 17.4. The van der Waals surface area contributed by atoms with Gasteiger partial charge in [0.2, 0.25) is 0 Å². The molecule has 0 unspecified atom stereocenters. The van der Waals surface area contributed by atoms with E-state index in [0.29, 0.717) is 5.41 Å². The summed E-state index contributed by atoms with van der Waals surface area (Å²) in [7, 11) is 1.85. The zero-order valence-corrected chi connectivity index (χ0v) is 15.2. The van der Waals surface area contributed by atoms with Gasteiger partial charge in [0.1, 0.15) is 0 Å². The standard InChI is InChI=1S/C19H27N5/c1-18(2)14-23(19(18,3)4)17(20-5)21-13-15-7-9-16(10-8-15)24-12-6-11-22-24/h6-12H,13-14H2,1-5H3,(H,20,21). The van der Waals surface area contributed by atoms with Crippen molar-refractivity contribution in [3.63, 3.8) is 0 Å². The molecule has 3 rings (SSSR count). The molecule has 1 aliphatic rings. The number of benzene rings is 1. The maximum absolute atomic E-state index is 4.46. The van der Waals surface area contributed by atoms with Crippen LogP contribution in [0.2, 0.25) is 0 Å². The van der Waals surface area contributed by atoms with Crippen LogP contribution in [0, 0.1) is 5.41 Å². The second-order valence-corrected chi connectivity index (χ2v) is 7.55. The molecule has 2 aromatic rings. The number of hydrogen-bond acceptors (Lipinski definition) is 2. The normalized spacial score (nSPS) is 19.0. The number of hydrogen-bond donors (Lipinski definition) is 1. The quantitative estimate of drug-likeness (QED) is 0.697. The number of aromatic nitrogens is 2. The van der Waals surface area contributed by atoms with Crippen molar-refractivity contribution < 1.29 is 0 Å². The van der Waals surface area contributed by atoms with E-state index in [4.69, 9.17) is 0 Å². The molecule has 0 atom stereocenters. The molecule has 1 aromatic carbocycles. The highest BCUT2D eigenvalue weighted by molar-refractivity contribution is 5.82. The predicted molar refractivity (Wildman–Crippen MR) is 98.3 cm³/mol. The molecule has 2 heterocycles. The van der Waals surface area contributed by atoms with Gasteiger partial charge in [-0.15, -0.1) is 0 Å². The van der Waals surface area contributed by atoms with E-state index in [9.17, 15) is 0 Å². The molecular weight excluding hydrogens is 298 g/mol. The minimum atomic E-state index is 0.110. The van der Waals surface area contributed by atoms with Crippen molar-refractivity contribution in [2.24, 2.45) is 10.4 Å². The number of likely N-dealkylation sites (tertiary alicyclic amines) is 1. The molecule has 1 aliphatic heterocycles. The molecule has 0 saturated carbocycles. The van der Waals surface area contributed by atoms with E-state index in [2.05, 4.69) is 72.3 Å². The van der Waals surface area contributed by atoms with Gasteiger partial charge in [-0.25, -0.2) is 4.68 Å². The Kier molecular flexibility index (Phi) is 4.11. The summed E-state index contributed by atoms with van der Waals surface area (Å²) in [6, 6.07) is 10.4. The van der Waals surface area contributed by atoms with Gasteiger partial charge in [-0.3, -0.25) is 4.99 Å². The summed E-state index contributed by atoms with van der Waals surface area (Å²) in [5.74, 6) is 0.968. The van der Waals surface area contributed by atoms with Gasteiger partial charge >= 0.3 is 0 Å². The van der Waals surface area contributed by atoms with Gasteiger partial charge in [-0.1, -0.05) is 26.0 Å². The molecule has 1 aromatic heterocycles. The fourth-order valence-electron chi connectivity index (χ4n) is 3.06. The third kappa shape index (κ3) is 2.79. The summed E-state index contributed by atoms with van der Waals surface area (Å²) >= 11 is 0. The first-order valence-corrected chi connectivity index (χ1v) is 8.42. The Morgan fingerprint density at radius 1 is 1.21 bits per heavy atom. The highest BCUT2D eigenvalue weighted by atomic mass is 15.4. The van der Waals surface area contributed by atoms with Crippen molar-refractivity contribution in [3.05, 3.63) is 48.3 Å². The molecule has 128 valence electrons. The van der Waals surface area contributed by atoms with Crippen LogP contribution in [0.15, 0.2) is 47.7 Å². The van der Waals surface area contributed by atoms with Crippen LogP contribution in [0.5, 0.6) is 0 Å². The minimum Gasteiger partial charge on any atom is -0.352 e. The molecule has 5 heteroatoms. The van der Waals surface area contributed by atoms with Crippen molar-refractivity contribution in [2.45, 2.75) is 39.8 Å². The molecule has 0 amide bonds. The van der Waals surface area contributed by atoms with Crippen molar-refractivity contribution in [3.8, 4) is 5.69 Å². The first-order valence-electron chi connectivity index (χ1n) is 8.42. The second-order valence-electron chi connectivity index (χ2n) is 7.55. The Morgan fingerprint density at radius 2 is 1.92 bits per heavy atom. The number of nitrogens with zero attached hydrogens (tertiary/aromatic N) is 4. The first-order chi connectivity index (χ1) is 11.3.